The molecule has 0 spiro atoms. The summed E-state index contributed by atoms with van der Waals surface area (Å²) in [7, 11) is 1.74. The molecular weight excluding hydrogens is 296 g/mol. The molecule has 0 atom stereocenters. The molecule has 15 heavy (non-hydrogen) atoms. The van der Waals surface area contributed by atoms with Crippen molar-refractivity contribution in [2.75, 3.05) is 7.05 Å². The smallest absolute Gasteiger partial charge is 0.186 e. The molecule has 0 radical (unpaired) electrons. The predicted molar refractivity (Wildman–Crippen MR) is 71.6 cm³/mol. The molecule has 0 saturated carbocycles. The molecule has 4 nitrogen and oxygen atoms in total. The van der Waals surface area contributed by atoms with Crippen molar-refractivity contribution in [1.82, 2.24) is 15.1 Å². The second kappa shape index (κ2) is 5.53. The van der Waals surface area contributed by atoms with E-state index in [0.717, 1.165) is 20.8 Å². The third kappa shape index (κ3) is 3.22. The number of halogens is 1. The van der Waals surface area contributed by atoms with Crippen LogP contribution in [0.5, 0.6) is 0 Å². The Labute approximate surface area is 106 Å². The fraction of sp³-hybridized carbons (Fsp3) is 0.375. The lowest BCUT2D eigenvalue weighted by Crippen LogP contribution is -2.29. The molecule has 0 saturated heterocycles. The molecule has 2 N–H and O–H groups in total. The summed E-state index contributed by atoms with van der Waals surface area (Å²) in [6.07, 6.45) is 0. The van der Waals surface area contributed by atoms with Gasteiger partial charge in [0.05, 0.1) is 20.8 Å². The zero-order chi connectivity index (χ0) is 11.4. The van der Waals surface area contributed by atoms with Gasteiger partial charge in [-0.15, -0.1) is 0 Å². The van der Waals surface area contributed by atoms with Crippen molar-refractivity contribution in [3.05, 3.63) is 15.0 Å². The number of nitrogens with zero attached hydrogens (tertiary/aromatic N) is 2. The predicted octanol–water partition coefficient (Wildman–Crippen LogP) is 2.03. The summed E-state index contributed by atoms with van der Waals surface area (Å²) in [4.78, 5) is 1.01. The Morgan fingerprint density at radius 3 is 2.73 bits per heavy atom. The average molecular weight is 307 g/mol. The standard InChI is InChI=1S/C8H11BrN4S2/c1-4-6(9)7(15-13-4)5(2)11-12-8(14)10-3/h1-3H3,(H2,10,12,14). The third-order valence-corrected chi connectivity index (χ3v) is 4.25. The van der Waals surface area contributed by atoms with E-state index in [4.69, 9.17) is 12.2 Å². The van der Waals surface area contributed by atoms with Crippen molar-refractivity contribution in [2.45, 2.75) is 13.8 Å². The zero-order valence-corrected chi connectivity index (χ0v) is 11.8. The summed E-state index contributed by atoms with van der Waals surface area (Å²) in [6, 6.07) is 0. The summed E-state index contributed by atoms with van der Waals surface area (Å²) < 4.78 is 5.21. The Kier molecular flexibility index (Phi) is 4.62. The first-order valence-corrected chi connectivity index (χ1v) is 6.18. The molecule has 1 aromatic rings. The molecule has 0 amide bonds. The molecule has 0 aliphatic rings. The van der Waals surface area contributed by atoms with Gasteiger partial charge in [-0.3, -0.25) is 5.43 Å². The van der Waals surface area contributed by atoms with E-state index >= 15 is 0 Å². The first-order valence-electron chi connectivity index (χ1n) is 4.20. The van der Waals surface area contributed by atoms with Crippen LogP contribution in [-0.4, -0.2) is 22.2 Å². The second-order valence-corrected chi connectivity index (χ2v) is 4.77. The van der Waals surface area contributed by atoms with Crippen LogP contribution in [0.2, 0.25) is 0 Å². The van der Waals surface area contributed by atoms with Crippen molar-refractivity contribution in [1.29, 1.82) is 0 Å². The van der Waals surface area contributed by atoms with Gasteiger partial charge in [0, 0.05) is 7.05 Å². The minimum Gasteiger partial charge on any atom is -0.364 e. The highest BCUT2D eigenvalue weighted by atomic mass is 79.9. The fourth-order valence-corrected chi connectivity index (χ4v) is 2.31. The lowest BCUT2D eigenvalue weighted by molar-refractivity contribution is 0.974. The first kappa shape index (κ1) is 12.5. The maximum Gasteiger partial charge on any atom is 0.186 e. The van der Waals surface area contributed by atoms with Crippen LogP contribution in [-0.2, 0) is 0 Å². The van der Waals surface area contributed by atoms with Gasteiger partial charge in [0.1, 0.15) is 0 Å². The molecule has 0 fully saturated rings. The quantitative estimate of drug-likeness (QED) is 0.499. The molecule has 7 heteroatoms. The van der Waals surface area contributed by atoms with E-state index in [2.05, 4.69) is 36.1 Å². The summed E-state index contributed by atoms with van der Waals surface area (Å²) in [6.45, 7) is 3.85. The highest BCUT2D eigenvalue weighted by Crippen LogP contribution is 2.24. The number of aryl methyl sites for hydroxylation is 1. The van der Waals surface area contributed by atoms with Crippen LogP contribution in [0.3, 0.4) is 0 Å². The summed E-state index contributed by atoms with van der Waals surface area (Å²) in [5.74, 6) is 0. The maximum absolute atomic E-state index is 4.91. The van der Waals surface area contributed by atoms with Crippen molar-refractivity contribution in [3.63, 3.8) is 0 Å². The molecule has 1 aromatic heterocycles. The maximum atomic E-state index is 4.91. The van der Waals surface area contributed by atoms with Gasteiger partial charge in [-0.2, -0.15) is 9.47 Å². The molecule has 0 aliphatic carbocycles. The number of rotatable bonds is 2. The van der Waals surface area contributed by atoms with Gasteiger partial charge in [0.2, 0.25) is 0 Å². The molecule has 0 aliphatic heterocycles. The molecule has 1 heterocycles. The van der Waals surface area contributed by atoms with Gasteiger partial charge in [0.25, 0.3) is 0 Å². The van der Waals surface area contributed by atoms with Crippen LogP contribution in [0.15, 0.2) is 9.57 Å². The second-order valence-electron chi connectivity index (χ2n) is 2.80. The minimum absolute atomic E-state index is 0.492. The summed E-state index contributed by atoms with van der Waals surface area (Å²) in [5.41, 5.74) is 4.56. The number of hydrogen-bond acceptors (Lipinski definition) is 4. The topological polar surface area (TPSA) is 49.3 Å². The summed E-state index contributed by atoms with van der Waals surface area (Å²) in [5, 5.41) is 7.42. The number of thiocarbonyl (C=S) groups is 1. The third-order valence-electron chi connectivity index (χ3n) is 1.67. The highest BCUT2D eigenvalue weighted by Gasteiger charge is 2.10. The van der Waals surface area contributed by atoms with Gasteiger partial charge in [-0.25, -0.2) is 0 Å². The van der Waals surface area contributed by atoms with E-state index < -0.39 is 0 Å². The fourth-order valence-electron chi connectivity index (χ4n) is 0.825. The van der Waals surface area contributed by atoms with Crippen LogP contribution in [0.4, 0.5) is 0 Å². The Balaban J connectivity index is 2.80. The van der Waals surface area contributed by atoms with Crippen LogP contribution in [0.25, 0.3) is 0 Å². The van der Waals surface area contributed by atoms with Crippen LogP contribution in [0.1, 0.15) is 17.5 Å². The van der Waals surface area contributed by atoms with Crippen molar-refractivity contribution < 1.29 is 0 Å². The van der Waals surface area contributed by atoms with Gasteiger partial charge in [0.15, 0.2) is 5.11 Å². The van der Waals surface area contributed by atoms with Gasteiger partial charge < -0.3 is 5.32 Å². The number of hydrazone groups is 1. The molecule has 0 aromatic carbocycles. The van der Waals surface area contributed by atoms with Crippen molar-refractivity contribution >= 4 is 50.5 Å². The largest absolute Gasteiger partial charge is 0.364 e. The van der Waals surface area contributed by atoms with Gasteiger partial charge in [-0.1, -0.05) is 0 Å². The Bertz CT molecular complexity index is 399. The van der Waals surface area contributed by atoms with Crippen LogP contribution in [0, 0.1) is 6.92 Å². The average Bonchev–Trinajstić information content (AvgIpc) is 2.56. The Morgan fingerprint density at radius 1 is 1.60 bits per heavy atom. The van der Waals surface area contributed by atoms with E-state index in [9.17, 15) is 0 Å². The Hall–Kier alpha value is -0.530. The number of aromatic nitrogens is 1. The molecule has 0 unspecified atom stereocenters. The summed E-state index contributed by atoms with van der Waals surface area (Å²) >= 11 is 9.79. The monoisotopic (exact) mass is 306 g/mol. The molecule has 82 valence electrons. The molecular formula is C8H11BrN4S2. The van der Waals surface area contributed by atoms with Crippen LogP contribution < -0.4 is 10.7 Å². The number of hydrogen-bond donors (Lipinski definition) is 2. The first-order chi connectivity index (χ1) is 7.06. The van der Waals surface area contributed by atoms with Gasteiger partial charge in [-0.05, 0) is 53.5 Å². The van der Waals surface area contributed by atoms with E-state index in [-0.39, 0.29) is 0 Å². The lowest BCUT2D eigenvalue weighted by atomic mass is 10.3. The van der Waals surface area contributed by atoms with Gasteiger partial charge >= 0.3 is 0 Å². The van der Waals surface area contributed by atoms with Crippen molar-refractivity contribution in [2.24, 2.45) is 5.10 Å². The van der Waals surface area contributed by atoms with E-state index in [0.29, 0.717) is 5.11 Å². The normalized spacial score (nSPS) is 11.3. The van der Waals surface area contributed by atoms with E-state index in [1.807, 2.05) is 13.8 Å². The van der Waals surface area contributed by atoms with E-state index in [1.165, 1.54) is 11.5 Å². The minimum atomic E-state index is 0.492. The van der Waals surface area contributed by atoms with Crippen LogP contribution >= 0.6 is 39.7 Å². The zero-order valence-electron chi connectivity index (χ0n) is 8.59. The van der Waals surface area contributed by atoms with E-state index in [1.54, 1.807) is 7.05 Å². The Morgan fingerprint density at radius 2 is 2.27 bits per heavy atom. The van der Waals surface area contributed by atoms with Crippen molar-refractivity contribution in [3.8, 4) is 0 Å². The molecule has 1 rings (SSSR count). The highest BCUT2D eigenvalue weighted by molar-refractivity contribution is 9.10. The molecule has 0 bridgehead atoms. The number of nitrogens with one attached hydrogen (secondary N) is 2. The lowest BCUT2D eigenvalue weighted by Gasteiger charge is -2.02. The SMILES string of the molecule is CNC(=S)NN=C(C)c1snc(C)c1Br.